The lowest BCUT2D eigenvalue weighted by Gasteiger charge is -2.12. The summed E-state index contributed by atoms with van der Waals surface area (Å²) < 4.78 is 36.2. The molecule has 21 heavy (non-hydrogen) atoms. The summed E-state index contributed by atoms with van der Waals surface area (Å²) in [7, 11) is -2.56. The van der Waals surface area contributed by atoms with Crippen molar-refractivity contribution in [1.82, 2.24) is 10.0 Å². The van der Waals surface area contributed by atoms with Gasteiger partial charge in [0.1, 0.15) is 11.3 Å². The molecule has 0 aliphatic carbocycles. The van der Waals surface area contributed by atoms with Crippen molar-refractivity contribution in [2.45, 2.75) is 31.9 Å². The van der Waals surface area contributed by atoms with Crippen molar-refractivity contribution < 1.29 is 22.4 Å². The third kappa shape index (κ3) is 5.31. The average Bonchev–Trinajstić information content (AvgIpc) is 2.79. The highest BCUT2D eigenvalue weighted by molar-refractivity contribution is 7.89. The maximum atomic E-state index is 12.0. The fourth-order valence-corrected chi connectivity index (χ4v) is 2.75. The Morgan fingerprint density at radius 1 is 1.48 bits per heavy atom. The predicted molar refractivity (Wildman–Crippen MR) is 80.4 cm³/mol. The first-order valence-electron chi connectivity index (χ1n) is 6.23. The zero-order valence-electron chi connectivity index (χ0n) is 12.4. The van der Waals surface area contributed by atoms with Crippen LogP contribution < -0.4 is 10.0 Å². The molecule has 0 saturated heterocycles. The monoisotopic (exact) mass is 340 g/mol. The zero-order chi connectivity index (χ0) is 15.3. The number of hydrogen-bond donors (Lipinski definition) is 2. The molecule has 0 fully saturated rings. The molecule has 0 radical (unpaired) electrons. The number of ether oxygens (including phenoxy) is 1. The van der Waals surface area contributed by atoms with Gasteiger partial charge in [0.2, 0.25) is 5.09 Å². The Labute approximate surface area is 130 Å². The van der Waals surface area contributed by atoms with Gasteiger partial charge >= 0.3 is 5.97 Å². The molecule has 1 atom stereocenters. The maximum Gasteiger partial charge on any atom is 0.341 e. The second-order valence-electron chi connectivity index (χ2n) is 4.34. The highest BCUT2D eigenvalue weighted by Crippen LogP contribution is 2.19. The molecule has 0 saturated carbocycles. The summed E-state index contributed by atoms with van der Waals surface area (Å²) in [6.07, 6.45) is 0. The van der Waals surface area contributed by atoms with Gasteiger partial charge in [0.05, 0.1) is 7.11 Å². The van der Waals surface area contributed by atoms with Gasteiger partial charge in [0.15, 0.2) is 0 Å². The van der Waals surface area contributed by atoms with Crippen LogP contribution in [-0.2, 0) is 14.8 Å². The third-order valence-electron chi connectivity index (χ3n) is 2.70. The van der Waals surface area contributed by atoms with Crippen molar-refractivity contribution in [3.63, 3.8) is 0 Å². The number of carbonyl (C=O) groups is 1. The summed E-state index contributed by atoms with van der Waals surface area (Å²) in [5, 5.41) is 2.79. The minimum atomic E-state index is -3.78. The molecule has 9 heteroatoms. The van der Waals surface area contributed by atoms with Gasteiger partial charge in [-0.2, -0.15) is 0 Å². The molecular weight excluding hydrogens is 320 g/mol. The van der Waals surface area contributed by atoms with Gasteiger partial charge in [0, 0.05) is 18.7 Å². The number of likely N-dealkylation sites (N-methyl/N-ethyl adjacent to an activating group) is 1. The quantitative estimate of drug-likeness (QED) is 0.721. The highest BCUT2D eigenvalue weighted by atomic mass is 35.5. The van der Waals surface area contributed by atoms with E-state index in [4.69, 9.17) is 4.42 Å². The molecule has 0 aliphatic rings. The Kier molecular flexibility index (Phi) is 7.94. The van der Waals surface area contributed by atoms with Gasteiger partial charge in [0.25, 0.3) is 10.0 Å². The maximum absolute atomic E-state index is 12.0. The first-order chi connectivity index (χ1) is 9.31. The second-order valence-corrected chi connectivity index (χ2v) is 6.04. The van der Waals surface area contributed by atoms with Crippen LogP contribution in [0.2, 0.25) is 0 Å². The highest BCUT2D eigenvalue weighted by Gasteiger charge is 2.24. The smallest absolute Gasteiger partial charge is 0.341 e. The van der Waals surface area contributed by atoms with E-state index in [1.165, 1.54) is 20.1 Å². The summed E-state index contributed by atoms with van der Waals surface area (Å²) in [6, 6.07) is 1.16. The van der Waals surface area contributed by atoms with E-state index in [1.54, 1.807) is 0 Å². The molecule has 7 nitrogen and oxygen atoms in total. The summed E-state index contributed by atoms with van der Waals surface area (Å²) in [5.41, 5.74) is 0.104. The van der Waals surface area contributed by atoms with E-state index < -0.39 is 16.0 Å². The lowest BCUT2D eigenvalue weighted by atomic mass is 10.3. The Morgan fingerprint density at radius 3 is 2.62 bits per heavy atom. The molecule has 0 spiro atoms. The molecule has 1 aromatic heterocycles. The number of halogens is 1. The van der Waals surface area contributed by atoms with Gasteiger partial charge in [-0.05, 0) is 20.4 Å². The minimum Gasteiger partial charge on any atom is -0.465 e. The van der Waals surface area contributed by atoms with E-state index in [2.05, 4.69) is 14.8 Å². The van der Waals surface area contributed by atoms with Crippen molar-refractivity contribution in [2.75, 3.05) is 20.2 Å². The van der Waals surface area contributed by atoms with E-state index in [-0.39, 0.29) is 41.4 Å². The van der Waals surface area contributed by atoms with Gasteiger partial charge in [-0.3, -0.25) is 0 Å². The van der Waals surface area contributed by atoms with Crippen molar-refractivity contribution in [3.05, 3.63) is 17.4 Å². The van der Waals surface area contributed by atoms with Crippen LogP contribution in [0.3, 0.4) is 0 Å². The molecule has 122 valence electrons. The molecule has 1 rings (SSSR count). The zero-order valence-corrected chi connectivity index (χ0v) is 14.1. The lowest BCUT2D eigenvalue weighted by Crippen LogP contribution is -2.38. The Hall–Kier alpha value is -1.09. The molecular formula is C12H21ClN2O5S. The number of methoxy groups -OCH3 is 1. The van der Waals surface area contributed by atoms with Gasteiger partial charge < -0.3 is 14.5 Å². The molecule has 1 aromatic rings. The number of hydrogen-bond acceptors (Lipinski definition) is 6. The summed E-state index contributed by atoms with van der Waals surface area (Å²) in [5.74, 6) is -0.425. The van der Waals surface area contributed by atoms with Crippen LogP contribution in [-0.4, -0.2) is 40.6 Å². The van der Waals surface area contributed by atoms with E-state index in [0.717, 1.165) is 6.54 Å². The SMILES string of the molecule is CCN[C@H](C)CNS(=O)(=O)c1cc(C(=O)OC)c(C)o1.Cl. The van der Waals surface area contributed by atoms with Crippen LogP contribution in [0.15, 0.2) is 15.6 Å². The summed E-state index contributed by atoms with van der Waals surface area (Å²) in [6.45, 7) is 6.27. The molecule has 0 amide bonds. The fraction of sp³-hybridized carbons (Fsp3) is 0.583. The number of sulfonamides is 1. The van der Waals surface area contributed by atoms with E-state index in [9.17, 15) is 13.2 Å². The number of rotatable bonds is 7. The van der Waals surface area contributed by atoms with Crippen molar-refractivity contribution >= 4 is 28.4 Å². The number of aryl methyl sites for hydroxylation is 1. The summed E-state index contributed by atoms with van der Waals surface area (Å²) in [4.78, 5) is 11.4. The first kappa shape index (κ1) is 19.9. The molecule has 0 aliphatic heterocycles. The number of furan rings is 1. The Bertz CT molecular complexity index is 570. The topological polar surface area (TPSA) is 97.6 Å². The third-order valence-corrected chi connectivity index (χ3v) is 3.98. The van der Waals surface area contributed by atoms with E-state index in [0.29, 0.717) is 0 Å². The average molecular weight is 341 g/mol. The second kappa shape index (κ2) is 8.38. The molecule has 2 N–H and O–H groups in total. The molecule has 1 heterocycles. The fourth-order valence-electron chi connectivity index (χ4n) is 1.63. The van der Waals surface area contributed by atoms with Crippen LogP contribution in [0.1, 0.15) is 30.0 Å². The predicted octanol–water partition coefficient (Wildman–Crippen LogP) is 1.07. The van der Waals surface area contributed by atoms with Crippen molar-refractivity contribution in [2.24, 2.45) is 0 Å². The lowest BCUT2D eigenvalue weighted by molar-refractivity contribution is 0.0599. The first-order valence-corrected chi connectivity index (χ1v) is 7.72. The number of nitrogens with one attached hydrogen (secondary N) is 2. The van der Waals surface area contributed by atoms with Gasteiger partial charge in [-0.15, -0.1) is 12.4 Å². The molecule has 0 bridgehead atoms. The normalized spacial score (nSPS) is 12.6. The molecule has 0 unspecified atom stereocenters. The molecule has 0 aromatic carbocycles. The van der Waals surface area contributed by atoms with Crippen molar-refractivity contribution in [1.29, 1.82) is 0 Å². The van der Waals surface area contributed by atoms with Crippen LogP contribution in [0.4, 0.5) is 0 Å². The van der Waals surface area contributed by atoms with Gasteiger partial charge in [-0.25, -0.2) is 17.9 Å². The number of esters is 1. The van der Waals surface area contributed by atoms with Crippen LogP contribution in [0, 0.1) is 6.92 Å². The number of carbonyl (C=O) groups excluding carboxylic acids is 1. The van der Waals surface area contributed by atoms with E-state index in [1.807, 2.05) is 13.8 Å². The van der Waals surface area contributed by atoms with Crippen LogP contribution in [0.5, 0.6) is 0 Å². The van der Waals surface area contributed by atoms with Crippen LogP contribution >= 0.6 is 12.4 Å². The Morgan fingerprint density at radius 2 is 2.10 bits per heavy atom. The minimum absolute atomic E-state index is 0. The van der Waals surface area contributed by atoms with E-state index >= 15 is 0 Å². The largest absolute Gasteiger partial charge is 0.465 e. The van der Waals surface area contributed by atoms with Crippen LogP contribution in [0.25, 0.3) is 0 Å². The standard InChI is InChI=1S/C12H20N2O5S.ClH/c1-5-13-8(2)7-14-20(16,17)11-6-10(9(3)19-11)12(15)18-4;/h6,8,13-14H,5,7H2,1-4H3;1H/t8-;/m1./s1. The summed E-state index contributed by atoms with van der Waals surface area (Å²) >= 11 is 0. The van der Waals surface area contributed by atoms with Gasteiger partial charge in [-0.1, -0.05) is 6.92 Å². The Balaban J connectivity index is 0.00000400. The van der Waals surface area contributed by atoms with Crippen molar-refractivity contribution in [3.8, 4) is 0 Å².